The van der Waals surface area contributed by atoms with Crippen molar-refractivity contribution in [2.24, 2.45) is 5.92 Å². The van der Waals surface area contributed by atoms with Gasteiger partial charge in [-0.2, -0.15) is 4.31 Å². The number of nitrogens with one attached hydrogen (secondary N) is 1. The Balaban J connectivity index is 1.39. The van der Waals surface area contributed by atoms with Gasteiger partial charge >= 0.3 is 0 Å². The summed E-state index contributed by atoms with van der Waals surface area (Å²) in [6, 6.07) is 6.25. The van der Waals surface area contributed by atoms with E-state index < -0.39 is 15.9 Å². The summed E-state index contributed by atoms with van der Waals surface area (Å²) < 4.78 is 28.6. The zero-order valence-corrected chi connectivity index (χ0v) is 19.5. The lowest BCUT2D eigenvalue weighted by Gasteiger charge is -2.20. The van der Waals surface area contributed by atoms with Crippen molar-refractivity contribution in [2.45, 2.75) is 31.7 Å². The molecule has 170 valence electrons. The highest BCUT2D eigenvalue weighted by atomic mass is 32.2. The summed E-state index contributed by atoms with van der Waals surface area (Å²) in [6.45, 7) is 4.91. The molecule has 4 rings (SSSR count). The summed E-state index contributed by atoms with van der Waals surface area (Å²) in [5.41, 5.74) is 1.34. The molecule has 11 heteroatoms. The van der Waals surface area contributed by atoms with Crippen LogP contribution in [0.15, 0.2) is 46.9 Å². The minimum atomic E-state index is -3.56. The van der Waals surface area contributed by atoms with Gasteiger partial charge in [-0.1, -0.05) is 13.8 Å². The third-order valence-corrected chi connectivity index (χ3v) is 8.41. The molecule has 0 radical (unpaired) electrons. The third-order valence-electron chi connectivity index (χ3n) is 5.57. The first-order chi connectivity index (χ1) is 15.3. The molecule has 1 aliphatic rings. The second-order valence-corrected chi connectivity index (χ2v) is 10.3. The topological polar surface area (TPSA) is 104 Å². The Bertz CT molecular complexity index is 1200. The third kappa shape index (κ3) is 4.27. The van der Waals surface area contributed by atoms with Crippen molar-refractivity contribution in [1.29, 1.82) is 0 Å². The maximum Gasteiger partial charge on any atom is 0.243 e. The van der Waals surface area contributed by atoms with Crippen LogP contribution in [0.5, 0.6) is 0 Å². The number of nitrogens with zero attached hydrogens (tertiary/aromatic N) is 4. The number of hydrogen-bond donors (Lipinski definition) is 1. The maximum absolute atomic E-state index is 12.6. The molecule has 9 nitrogen and oxygen atoms in total. The average Bonchev–Trinajstić information content (AvgIpc) is 3.47. The van der Waals surface area contributed by atoms with Crippen LogP contribution in [0.4, 0.5) is 5.69 Å². The van der Waals surface area contributed by atoms with Crippen LogP contribution in [0, 0.1) is 5.92 Å². The molecule has 1 unspecified atom stereocenters. The van der Waals surface area contributed by atoms with E-state index in [0.29, 0.717) is 25.3 Å². The number of benzene rings is 1. The van der Waals surface area contributed by atoms with Gasteiger partial charge in [0.1, 0.15) is 0 Å². The van der Waals surface area contributed by atoms with Crippen molar-refractivity contribution in [1.82, 2.24) is 19.0 Å². The van der Waals surface area contributed by atoms with Gasteiger partial charge in [0, 0.05) is 49.5 Å². The number of aromatic nitrogens is 2. The van der Waals surface area contributed by atoms with Gasteiger partial charge in [-0.05, 0) is 24.3 Å². The largest absolute Gasteiger partial charge is 0.350 e. The number of thiazole rings is 1. The smallest absolute Gasteiger partial charge is 0.243 e. The molecule has 1 aromatic carbocycles. The first-order valence-electron chi connectivity index (χ1n) is 10.4. The van der Waals surface area contributed by atoms with E-state index in [2.05, 4.69) is 10.3 Å². The molecule has 2 amide bonds. The van der Waals surface area contributed by atoms with Crippen molar-refractivity contribution >= 4 is 43.8 Å². The highest BCUT2D eigenvalue weighted by Gasteiger charge is 2.35. The fraction of sp³-hybridized carbons (Fsp3) is 0.381. The highest BCUT2D eigenvalue weighted by molar-refractivity contribution is 7.89. The van der Waals surface area contributed by atoms with E-state index in [1.807, 2.05) is 22.2 Å². The van der Waals surface area contributed by atoms with Gasteiger partial charge in [0.25, 0.3) is 0 Å². The van der Waals surface area contributed by atoms with E-state index in [4.69, 9.17) is 0 Å². The predicted octanol–water partition coefficient (Wildman–Crippen LogP) is 2.10. The van der Waals surface area contributed by atoms with Crippen LogP contribution < -0.4 is 10.2 Å². The number of hydrogen-bond acceptors (Lipinski definition) is 6. The van der Waals surface area contributed by atoms with Gasteiger partial charge in [-0.3, -0.25) is 14.0 Å². The molecule has 3 aromatic rings. The Hall–Kier alpha value is -2.76. The molecule has 1 N–H and O–H groups in total. The summed E-state index contributed by atoms with van der Waals surface area (Å²) in [6.07, 6.45) is 3.89. The van der Waals surface area contributed by atoms with Crippen molar-refractivity contribution < 1.29 is 18.0 Å². The Kier molecular flexibility index (Phi) is 6.31. The summed E-state index contributed by atoms with van der Waals surface area (Å²) in [5, 5.41) is 4.80. The fourth-order valence-electron chi connectivity index (χ4n) is 3.83. The molecule has 3 heterocycles. The SMILES string of the molecule is CCN(CC)S(=O)(=O)c1ccc(N2CC(C(=O)NCc3cn4ccsc4n3)CC2=O)cc1. The van der Waals surface area contributed by atoms with Gasteiger partial charge in [0.05, 0.1) is 23.1 Å². The maximum atomic E-state index is 12.6. The van der Waals surface area contributed by atoms with Gasteiger partial charge in [-0.25, -0.2) is 13.4 Å². The van der Waals surface area contributed by atoms with Gasteiger partial charge < -0.3 is 10.2 Å². The first kappa shape index (κ1) is 22.4. The molecule has 2 aromatic heterocycles. The fourth-order valence-corrected chi connectivity index (χ4v) is 6.00. The van der Waals surface area contributed by atoms with Crippen LogP contribution in [0.25, 0.3) is 4.96 Å². The van der Waals surface area contributed by atoms with E-state index in [9.17, 15) is 18.0 Å². The molecular formula is C21H25N5O4S2. The summed E-state index contributed by atoms with van der Waals surface area (Å²) in [4.78, 5) is 32.2. The standard InChI is InChI=1S/C21H25N5O4S2/c1-3-25(4-2)32(29,30)18-7-5-17(6-8-18)26-13-15(11-19(26)27)20(28)22-12-16-14-24-9-10-31-21(24)23-16/h5-10,14-15H,3-4,11-13H2,1-2H3,(H,22,28). The van der Waals surface area contributed by atoms with E-state index in [-0.39, 0.29) is 29.7 Å². The number of fused-ring (bicyclic) bond motifs is 1. The minimum absolute atomic E-state index is 0.115. The van der Waals surface area contributed by atoms with E-state index >= 15 is 0 Å². The van der Waals surface area contributed by atoms with Crippen molar-refractivity contribution in [3.05, 3.63) is 47.7 Å². The molecule has 1 fully saturated rings. The number of rotatable bonds is 8. The van der Waals surface area contributed by atoms with Crippen LogP contribution in [-0.2, 0) is 26.2 Å². The van der Waals surface area contributed by atoms with E-state index in [0.717, 1.165) is 10.7 Å². The predicted molar refractivity (Wildman–Crippen MR) is 122 cm³/mol. The van der Waals surface area contributed by atoms with Gasteiger partial charge in [0.2, 0.25) is 21.8 Å². The molecule has 1 atom stereocenters. The Morgan fingerprint density at radius 1 is 1.25 bits per heavy atom. The number of carbonyl (C=O) groups excluding carboxylic acids is 2. The summed E-state index contributed by atoms with van der Waals surface area (Å²) >= 11 is 1.52. The normalized spacial score (nSPS) is 16.9. The molecule has 1 saturated heterocycles. The van der Waals surface area contributed by atoms with Crippen molar-refractivity contribution in [3.63, 3.8) is 0 Å². The number of carbonyl (C=O) groups is 2. The van der Waals surface area contributed by atoms with Crippen LogP contribution in [-0.4, -0.2) is 53.6 Å². The van der Waals surface area contributed by atoms with Crippen LogP contribution >= 0.6 is 11.3 Å². The van der Waals surface area contributed by atoms with Crippen molar-refractivity contribution in [2.75, 3.05) is 24.5 Å². The molecule has 1 aliphatic heterocycles. The quantitative estimate of drug-likeness (QED) is 0.537. The number of imidazole rings is 1. The molecular weight excluding hydrogens is 450 g/mol. The second kappa shape index (κ2) is 9.00. The minimum Gasteiger partial charge on any atom is -0.350 e. The van der Waals surface area contributed by atoms with Crippen LogP contribution in [0.1, 0.15) is 26.0 Å². The Labute approximate surface area is 190 Å². The van der Waals surface area contributed by atoms with Crippen molar-refractivity contribution in [3.8, 4) is 0 Å². The highest BCUT2D eigenvalue weighted by Crippen LogP contribution is 2.27. The lowest BCUT2D eigenvalue weighted by Crippen LogP contribution is -2.32. The van der Waals surface area contributed by atoms with Crippen LogP contribution in [0.2, 0.25) is 0 Å². The summed E-state index contributed by atoms with van der Waals surface area (Å²) in [5.74, 6) is -0.824. The lowest BCUT2D eigenvalue weighted by atomic mass is 10.1. The van der Waals surface area contributed by atoms with Gasteiger partial charge in [0.15, 0.2) is 4.96 Å². The van der Waals surface area contributed by atoms with E-state index in [1.165, 1.54) is 32.7 Å². The number of anilines is 1. The number of amides is 2. The Morgan fingerprint density at radius 2 is 1.97 bits per heavy atom. The Morgan fingerprint density at radius 3 is 2.62 bits per heavy atom. The molecule has 0 saturated carbocycles. The second-order valence-electron chi connectivity index (χ2n) is 7.53. The van der Waals surface area contributed by atoms with Crippen LogP contribution in [0.3, 0.4) is 0 Å². The zero-order valence-electron chi connectivity index (χ0n) is 17.9. The molecule has 0 aliphatic carbocycles. The molecule has 0 spiro atoms. The monoisotopic (exact) mass is 475 g/mol. The summed E-state index contributed by atoms with van der Waals surface area (Å²) in [7, 11) is -3.56. The zero-order chi connectivity index (χ0) is 22.9. The average molecular weight is 476 g/mol. The first-order valence-corrected chi connectivity index (χ1v) is 12.7. The van der Waals surface area contributed by atoms with Gasteiger partial charge in [-0.15, -0.1) is 11.3 Å². The molecule has 32 heavy (non-hydrogen) atoms. The number of sulfonamides is 1. The lowest BCUT2D eigenvalue weighted by molar-refractivity contribution is -0.126. The molecule has 0 bridgehead atoms. The van der Waals surface area contributed by atoms with E-state index in [1.54, 1.807) is 26.0 Å².